The molecule has 2 unspecified atom stereocenters. The normalized spacial score (nSPS) is 22.1. The minimum absolute atomic E-state index is 0.0397. The first-order chi connectivity index (χ1) is 10.1. The molecule has 116 valence electrons. The molecule has 3 nitrogen and oxygen atoms in total. The Morgan fingerprint density at radius 2 is 1.95 bits per heavy atom. The molecule has 21 heavy (non-hydrogen) atoms. The van der Waals surface area contributed by atoms with Crippen LogP contribution in [0.1, 0.15) is 36.0 Å². The van der Waals surface area contributed by atoms with E-state index in [1.54, 1.807) is 0 Å². The van der Waals surface area contributed by atoms with Gasteiger partial charge in [-0.15, -0.1) is 11.6 Å². The van der Waals surface area contributed by atoms with Gasteiger partial charge in [0.05, 0.1) is 0 Å². The highest BCUT2D eigenvalue weighted by molar-refractivity contribution is 6.18. The second-order valence-corrected chi connectivity index (χ2v) is 5.49. The predicted octanol–water partition coefficient (Wildman–Crippen LogP) is 3.82. The quantitative estimate of drug-likeness (QED) is 0.839. The number of halogens is 3. The van der Waals surface area contributed by atoms with Crippen LogP contribution in [0.25, 0.3) is 0 Å². The van der Waals surface area contributed by atoms with Gasteiger partial charge in [0.1, 0.15) is 5.75 Å². The summed E-state index contributed by atoms with van der Waals surface area (Å²) in [4.78, 5) is 12.2. The maximum absolute atomic E-state index is 12.2. The Kier molecular flexibility index (Phi) is 5.79. The number of carbonyl (C=O) groups excluding carboxylic acids is 1. The summed E-state index contributed by atoms with van der Waals surface area (Å²) in [5, 5.41) is 2.98. The van der Waals surface area contributed by atoms with E-state index in [0.29, 0.717) is 17.4 Å². The van der Waals surface area contributed by atoms with E-state index in [2.05, 4.69) is 10.1 Å². The Balaban J connectivity index is 1.96. The number of benzene rings is 1. The summed E-state index contributed by atoms with van der Waals surface area (Å²) in [6.45, 7) is -2.86. The van der Waals surface area contributed by atoms with E-state index in [9.17, 15) is 13.6 Å². The van der Waals surface area contributed by atoms with Gasteiger partial charge in [-0.3, -0.25) is 4.79 Å². The van der Waals surface area contributed by atoms with Crippen LogP contribution in [-0.2, 0) is 0 Å². The van der Waals surface area contributed by atoms with Gasteiger partial charge in [-0.25, -0.2) is 0 Å². The number of nitrogens with one attached hydrogen (secondary N) is 1. The Morgan fingerprint density at radius 1 is 1.29 bits per heavy atom. The fourth-order valence-electron chi connectivity index (χ4n) is 2.62. The average molecular weight is 318 g/mol. The Hall–Kier alpha value is -1.36. The van der Waals surface area contributed by atoms with Crippen molar-refractivity contribution in [2.45, 2.75) is 38.3 Å². The van der Waals surface area contributed by atoms with Crippen molar-refractivity contribution >= 4 is 17.5 Å². The standard InChI is InChI=1S/C15H18ClF2NO2/c16-9-11-3-1-2-4-13(11)19-14(20)10-5-7-12(8-6-10)21-15(17)18/h5-8,11,13,15H,1-4,9H2,(H,19,20). The minimum atomic E-state index is -2.86. The van der Waals surface area contributed by atoms with Gasteiger partial charge in [0.15, 0.2) is 0 Å². The third-order valence-corrected chi connectivity index (χ3v) is 4.16. The molecule has 1 aromatic rings. The number of hydrogen-bond donors (Lipinski definition) is 1. The zero-order valence-electron chi connectivity index (χ0n) is 11.5. The summed E-state index contributed by atoms with van der Waals surface area (Å²) in [7, 11) is 0. The topological polar surface area (TPSA) is 38.3 Å². The third-order valence-electron chi connectivity index (χ3n) is 3.77. The van der Waals surface area contributed by atoms with E-state index >= 15 is 0 Å². The predicted molar refractivity (Wildman–Crippen MR) is 77.0 cm³/mol. The lowest BCUT2D eigenvalue weighted by molar-refractivity contribution is -0.0498. The van der Waals surface area contributed by atoms with Gasteiger partial charge in [-0.2, -0.15) is 8.78 Å². The maximum Gasteiger partial charge on any atom is 0.387 e. The summed E-state index contributed by atoms with van der Waals surface area (Å²) in [5.41, 5.74) is 0.426. The number of alkyl halides is 3. The third kappa shape index (κ3) is 4.56. The lowest BCUT2D eigenvalue weighted by Gasteiger charge is -2.30. The van der Waals surface area contributed by atoms with E-state index in [4.69, 9.17) is 11.6 Å². The van der Waals surface area contributed by atoms with Crippen LogP contribution in [-0.4, -0.2) is 24.4 Å². The molecular formula is C15H18ClF2NO2. The molecule has 0 aromatic heterocycles. The highest BCUT2D eigenvalue weighted by Gasteiger charge is 2.26. The fourth-order valence-corrected chi connectivity index (χ4v) is 2.99. The number of ether oxygens (including phenoxy) is 1. The molecule has 1 aliphatic carbocycles. The lowest BCUT2D eigenvalue weighted by Crippen LogP contribution is -2.42. The van der Waals surface area contributed by atoms with Crippen molar-refractivity contribution in [2.75, 3.05) is 5.88 Å². The Bertz CT molecular complexity index is 467. The molecular weight excluding hydrogens is 300 g/mol. The van der Waals surface area contributed by atoms with Crippen LogP contribution in [0.3, 0.4) is 0 Å². The molecule has 1 amide bonds. The molecule has 1 aromatic carbocycles. The van der Waals surface area contributed by atoms with E-state index in [1.807, 2.05) is 0 Å². The summed E-state index contributed by atoms with van der Waals surface area (Å²) in [5.74, 6) is 0.663. The van der Waals surface area contributed by atoms with Gasteiger partial charge in [-0.05, 0) is 43.0 Å². The van der Waals surface area contributed by atoms with Crippen LogP contribution in [0.5, 0.6) is 5.75 Å². The first-order valence-corrected chi connectivity index (χ1v) is 7.55. The van der Waals surface area contributed by atoms with Gasteiger partial charge >= 0.3 is 6.61 Å². The SMILES string of the molecule is O=C(NC1CCCCC1CCl)c1ccc(OC(F)F)cc1. The van der Waals surface area contributed by atoms with Crippen LogP contribution in [0.2, 0.25) is 0 Å². The molecule has 2 atom stereocenters. The van der Waals surface area contributed by atoms with Crippen molar-refractivity contribution in [3.63, 3.8) is 0 Å². The highest BCUT2D eigenvalue weighted by Crippen LogP contribution is 2.25. The first-order valence-electron chi connectivity index (χ1n) is 7.02. The molecule has 0 radical (unpaired) electrons. The lowest BCUT2D eigenvalue weighted by atomic mass is 9.85. The average Bonchev–Trinajstić information content (AvgIpc) is 2.48. The molecule has 1 aliphatic rings. The molecule has 1 fully saturated rings. The second-order valence-electron chi connectivity index (χ2n) is 5.18. The van der Waals surface area contributed by atoms with Gasteiger partial charge in [0.2, 0.25) is 0 Å². The minimum Gasteiger partial charge on any atom is -0.435 e. The monoisotopic (exact) mass is 317 g/mol. The van der Waals surface area contributed by atoms with Crippen molar-refractivity contribution in [1.29, 1.82) is 0 Å². The summed E-state index contributed by atoms with van der Waals surface area (Å²) in [6.07, 6.45) is 4.17. The van der Waals surface area contributed by atoms with Gasteiger partial charge in [0, 0.05) is 17.5 Å². The zero-order chi connectivity index (χ0) is 15.2. The van der Waals surface area contributed by atoms with Crippen LogP contribution in [0, 0.1) is 5.92 Å². The van der Waals surface area contributed by atoms with E-state index in [0.717, 1.165) is 25.7 Å². The molecule has 0 heterocycles. The van der Waals surface area contributed by atoms with Crippen LogP contribution < -0.4 is 10.1 Å². The van der Waals surface area contributed by atoms with Crippen molar-refractivity contribution in [2.24, 2.45) is 5.92 Å². The number of hydrogen-bond acceptors (Lipinski definition) is 2. The summed E-state index contributed by atoms with van der Waals surface area (Å²) < 4.78 is 28.4. The molecule has 0 bridgehead atoms. The molecule has 0 spiro atoms. The van der Waals surface area contributed by atoms with Crippen LogP contribution >= 0.6 is 11.6 Å². The summed E-state index contributed by atoms with van der Waals surface area (Å²) in [6, 6.07) is 5.76. The fraction of sp³-hybridized carbons (Fsp3) is 0.533. The number of carbonyl (C=O) groups is 1. The van der Waals surface area contributed by atoms with Crippen molar-refractivity contribution in [1.82, 2.24) is 5.32 Å². The Morgan fingerprint density at radius 3 is 2.57 bits per heavy atom. The molecule has 0 saturated heterocycles. The van der Waals surface area contributed by atoms with Gasteiger partial charge in [-0.1, -0.05) is 12.8 Å². The second kappa shape index (κ2) is 7.59. The van der Waals surface area contributed by atoms with E-state index in [1.165, 1.54) is 24.3 Å². The van der Waals surface area contributed by atoms with Gasteiger partial charge in [0.25, 0.3) is 5.91 Å². The zero-order valence-corrected chi connectivity index (χ0v) is 12.3. The molecule has 2 rings (SSSR count). The van der Waals surface area contributed by atoms with Gasteiger partial charge < -0.3 is 10.1 Å². The smallest absolute Gasteiger partial charge is 0.387 e. The molecule has 6 heteroatoms. The number of amides is 1. The Labute approximate surface area is 127 Å². The van der Waals surface area contributed by atoms with Crippen molar-refractivity contribution in [3.8, 4) is 5.75 Å². The van der Waals surface area contributed by atoms with Crippen LogP contribution in [0.15, 0.2) is 24.3 Å². The van der Waals surface area contributed by atoms with Crippen LogP contribution in [0.4, 0.5) is 8.78 Å². The van der Waals surface area contributed by atoms with Crippen molar-refractivity contribution in [3.05, 3.63) is 29.8 Å². The first kappa shape index (κ1) is 16.0. The number of rotatable bonds is 5. The maximum atomic E-state index is 12.2. The van der Waals surface area contributed by atoms with E-state index in [-0.39, 0.29) is 17.7 Å². The largest absolute Gasteiger partial charge is 0.435 e. The molecule has 1 N–H and O–H groups in total. The van der Waals surface area contributed by atoms with E-state index < -0.39 is 6.61 Å². The van der Waals surface area contributed by atoms with Crippen molar-refractivity contribution < 1.29 is 18.3 Å². The summed E-state index contributed by atoms with van der Waals surface area (Å²) >= 11 is 5.93. The highest BCUT2D eigenvalue weighted by atomic mass is 35.5. The molecule has 1 saturated carbocycles. The molecule has 0 aliphatic heterocycles.